The van der Waals surface area contributed by atoms with E-state index < -0.39 is 0 Å². The highest BCUT2D eigenvalue weighted by Crippen LogP contribution is 2.45. The van der Waals surface area contributed by atoms with Crippen molar-refractivity contribution in [2.24, 2.45) is 0 Å². The highest BCUT2D eigenvalue weighted by molar-refractivity contribution is 6.00. The number of nitrogens with zero attached hydrogens (tertiary/aromatic N) is 8. The number of fused-ring (bicyclic) bond motifs is 3. The standard InChI is InChI=1S/C28H26N10O2/c1-15(39)23-24(18-11-19-8-9-20(12-18)37(19)28(40)26-33-35-36-34-26)32-27-21(14-31-38(27)25(23)29)17-7-10-22(30-13-17)16-5-3-2-4-6-16/h2-7,10,13-14,18-20H,8-9,11-12,29H2,1H3,(H,33,34,35,36). The second kappa shape index (κ2) is 9.33. The van der Waals surface area contributed by atoms with Crippen LogP contribution in [0.15, 0.2) is 54.9 Å². The Morgan fingerprint density at radius 1 is 1.00 bits per heavy atom. The lowest BCUT2D eigenvalue weighted by molar-refractivity contribution is 0.0555. The first-order valence-electron chi connectivity index (χ1n) is 13.3. The number of Topliss-reactive ketones (excluding diaryl/α,β-unsaturated/α-hetero) is 1. The Morgan fingerprint density at radius 2 is 1.77 bits per heavy atom. The van der Waals surface area contributed by atoms with Gasteiger partial charge in [0.1, 0.15) is 5.82 Å². The zero-order chi connectivity index (χ0) is 27.4. The van der Waals surface area contributed by atoms with E-state index >= 15 is 0 Å². The molecule has 2 unspecified atom stereocenters. The van der Waals surface area contributed by atoms with Crippen molar-refractivity contribution in [2.75, 3.05) is 5.73 Å². The van der Waals surface area contributed by atoms with Gasteiger partial charge in [-0.3, -0.25) is 14.6 Å². The fraction of sp³-hybridized carbons (Fsp3) is 0.286. The van der Waals surface area contributed by atoms with Gasteiger partial charge in [-0.25, -0.2) is 4.98 Å². The van der Waals surface area contributed by atoms with Crippen LogP contribution < -0.4 is 5.73 Å². The van der Waals surface area contributed by atoms with Crippen molar-refractivity contribution < 1.29 is 9.59 Å². The molecule has 0 saturated carbocycles. The summed E-state index contributed by atoms with van der Waals surface area (Å²) in [5.74, 6) is -0.0894. The van der Waals surface area contributed by atoms with Crippen LogP contribution in [0.5, 0.6) is 0 Å². The lowest BCUT2D eigenvalue weighted by Crippen LogP contribution is -2.46. The molecule has 0 radical (unpaired) electrons. The van der Waals surface area contributed by atoms with E-state index in [2.05, 4.69) is 30.7 Å². The molecule has 2 fully saturated rings. The maximum atomic E-state index is 13.1. The van der Waals surface area contributed by atoms with E-state index in [0.29, 0.717) is 29.7 Å². The average Bonchev–Trinajstić information content (AvgIpc) is 3.71. The highest BCUT2D eigenvalue weighted by Gasteiger charge is 2.46. The minimum Gasteiger partial charge on any atom is -0.383 e. The summed E-state index contributed by atoms with van der Waals surface area (Å²) in [5, 5.41) is 18.1. The molecule has 4 aromatic heterocycles. The van der Waals surface area contributed by atoms with Gasteiger partial charge in [0.2, 0.25) is 0 Å². The van der Waals surface area contributed by atoms with Crippen LogP contribution >= 0.6 is 0 Å². The molecule has 7 rings (SSSR count). The number of aromatic nitrogens is 8. The van der Waals surface area contributed by atoms with Crippen LogP contribution in [-0.4, -0.2) is 68.9 Å². The molecule has 2 atom stereocenters. The van der Waals surface area contributed by atoms with Gasteiger partial charge < -0.3 is 10.6 Å². The van der Waals surface area contributed by atoms with Crippen LogP contribution in [0.2, 0.25) is 0 Å². The minimum atomic E-state index is -0.223. The first-order valence-corrected chi connectivity index (χ1v) is 13.3. The van der Waals surface area contributed by atoms with Gasteiger partial charge in [0.05, 0.1) is 23.1 Å². The molecule has 2 aliphatic rings. The van der Waals surface area contributed by atoms with Crippen molar-refractivity contribution in [3.8, 4) is 22.4 Å². The Balaban J connectivity index is 1.26. The molecule has 0 spiro atoms. The van der Waals surface area contributed by atoms with Crippen molar-refractivity contribution in [3.63, 3.8) is 0 Å². The molecule has 200 valence electrons. The van der Waals surface area contributed by atoms with Crippen LogP contribution in [0.4, 0.5) is 5.82 Å². The predicted octanol–water partition coefficient (Wildman–Crippen LogP) is 3.31. The molecule has 2 saturated heterocycles. The van der Waals surface area contributed by atoms with Crippen LogP contribution in [0.1, 0.15) is 65.2 Å². The van der Waals surface area contributed by atoms with Gasteiger partial charge in [-0.2, -0.15) is 14.8 Å². The van der Waals surface area contributed by atoms with Crippen molar-refractivity contribution in [1.82, 2.24) is 45.1 Å². The Labute approximate surface area is 228 Å². The number of rotatable bonds is 5. The lowest BCUT2D eigenvalue weighted by atomic mass is 9.85. The largest absolute Gasteiger partial charge is 0.383 e. The highest BCUT2D eigenvalue weighted by atomic mass is 16.2. The Bertz CT molecular complexity index is 1720. The number of benzene rings is 1. The van der Waals surface area contributed by atoms with Gasteiger partial charge in [0, 0.05) is 40.9 Å². The Hall–Kier alpha value is -5.00. The Morgan fingerprint density at radius 3 is 2.42 bits per heavy atom. The first-order chi connectivity index (χ1) is 19.5. The maximum absolute atomic E-state index is 13.1. The summed E-state index contributed by atoms with van der Waals surface area (Å²) in [4.78, 5) is 37.5. The smallest absolute Gasteiger partial charge is 0.295 e. The zero-order valence-corrected chi connectivity index (χ0v) is 21.7. The molecule has 5 aromatic rings. The van der Waals surface area contributed by atoms with Gasteiger partial charge in [0.15, 0.2) is 11.4 Å². The van der Waals surface area contributed by atoms with Crippen molar-refractivity contribution >= 4 is 23.2 Å². The number of H-pyrrole nitrogens is 1. The van der Waals surface area contributed by atoms with Gasteiger partial charge in [-0.15, -0.1) is 10.2 Å². The topological polar surface area (TPSA) is 161 Å². The third kappa shape index (κ3) is 3.82. The summed E-state index contributed by atoms with van der Waals surface area (Å²) in [6, 6.07) is 13.9. The molecule has 2 bridgehead atoms. The van der Waals surface area contributed by atoms with Gasteiger partial charge in [-0.1, -0.05) is 36.4 Å². The molecule has 12 heteroatoms. The number of aromatic amines is 1. The fourth-order valence-corrected chi connectivity index (χ4v) is 6.33. The number of nitrogens with two attached hydrogens (primary N) is 1. The maximum Gasteiger partial charge on any atom is 0.295 e. The molecule has 3 N–H and O–H groups in total. The van der Waals surface area contributed by atoms with Crippen molar-refractivity contribution in [2.45, 2.75) is 50.6 Å². The number of pyridine rings is 1. The number of carbonyl (C=O) groups excluding carboxylic acids is 2. The second-order valence-electron chi connectivity index (χ2n) is 10.4. The van der Waals surface area contributed by atoms with E-state index in [9.17, 15) is 9.59 Å². The summed E-state index contributed by atoms with van der Waals surface area (Å²) in [7, 11) is 0. The minimum absolute atomic E-state index is 0.00655. The summed E-state index contributed by atoms with van der Waals surface area (Å²) in [6.07, 6.45) is 6.59. The van der Waals surface area contributed by atoms with E-state index in [1.54, 1.807) is 12.4 Å². The summed E-state index contributed by atoms with van der Waals surface area (Å²) in [6.45, 7) is 1.50. The van der Waals surface area contributed by atoms with Gasteiger partial charge >= 0.3 is 0 Å². The molecule has 1 aromatic carbocycles. The van der Waals surface area contributed by atoms with Gasteiger partial charge in [0.25, 0.3) is 11.7 Å². The monoisotopic (exact) mass is 534 g/mol. The number of piperidine rings is 1. The van der Waals surface area contributed by atoms with E-state index in [1.807, 2.05) is 47.4 Å². The van der Waals surface area contributed by atoms with E-state index in [0.717, 1.165) is 35.2 Å². The summed E-state index contributed by atoms with van der Waals surface area (Å²) in [5.41, 5.74) is 11.7. The molecule has 1 amide bonds. The quantitative estimate of drug-likeness (QED) is 0.322. The summed E-state index contributed by atoms with van der Waals surface area (Å²) >= 11 is 0. The third-order valence-electron chi connectivity index (χ3n) is 8.10. The SMILES string of the molecule is CC(=O)c1c(C2CC3CCC(C2)N3C(=O)c2nn[nH]n2)nc2c(-c3ccc(-c4ccccc4)nc3)cnn2c1N. The molecule has 0 aliphatic carbocycles. The Kier molecular flexibility index (Phi) is 5.61. The second-order valence-corrected chi connectivity index (χ2v) is 10.4. The molecule has 2 aliphatic heterocycles. The zero-order valence-electron chi connectivity index (χ0n) is 21.7. The van der Waals surface area contributed by atoms with Crippen molar-refractivity contribution in [3.05, 3.63) is 71.9 Å². The van der Waals surface area contributed by atoms with Gasteiger partial charge in [-0.05, 0) is 43.9 Å². The number of hydrogen-bond acceptors (Lipinski definition) is 9. The van der Waals surface area contributed by atoms with E-state index in [1.165, 1.54) is 11.4 Å². The summed E-state index contributed by atoms with van der Waals surface area (Å²) < 4.78 is 1.53. The number of nitrogens with one attached hydrogen (secondary N) is 1. The first kappa shape index (κ1) is 24.1. The third-order valence-corrected chi connectivity index (χ3v) is 8.10. The van der Waals surface area contributed by atoms with E-state index in [-0.39, 0.29) is 41.3 Å². The van der Waals surface area contributed by atoms with Crippen molar-refractivity contribution in [1.29, 1.82) is 0 Å². The number of hydrogen-bond donors (Lipinski definition) is 2. The number of ketones is 1. The molecule has 6 heterocycles. The van der Waals surface area contributed by atoms with E-state index in [4.69, 9.17) is 10.7 Å². The number of anilines is 1. The molecular formula is C28H26N10O2. The normalized spacial score (nSPS) is 20.2. The molecule has 40 heavy (non-hydrogen) atoms. The van der Waals surface area contributed by atoms with Crippen LogP contribution in [0.3, 0.4) is 0 Å². The average molecular weight is 535 g/mol. The molecular weight excluding hydrogens is 508 g/mol. The number of amides is 1. The number of tetrazole rings is 1. The number of nitrogen functional groups attached to an aromatic ring is 1. The van der Waals surface area contributed by atoms with Crippen LogP contribution in [-0.2, 0) is 0 Å². The fourth-order valence-electron chi connectivity index (χ4n) is 6.33. The number of carbonyl (C=O) groups is 2. The van der Waals surface area contributed by atoms with Crippen LogP contribution in [0.25, 0.3) is 28.0 Å². The lowest BCUT2D eigenvalue weighted by Gasteiger charge is -2.38. The molecule has 12 nitrogen and oxygen atoms in total. The predicted molar refractivity (Wildman–Crippen MR) is 145 cm³/mol. The van der Waals surface area contributed by atoms with Crippen LogP contribution in [0, 0.1) is 0 Å².